The molecule has 0 saturated heterocycles. The summed E-state index contributed by atoms with van der Waals surface area (Å²) in [7, 11) is 0. The van der Waals surface area contributed by atoms with Crippen molar-refractivity contribution >= 4 is 23.2 Å². The number of hydrogen-bond acceptors (Lipinski definition) is 3. The van der Waals surface area contributed by atoms with Crippen molar-refractivity contribution in [1.29, 1.82) is 0 Å². The first-order valence-corrected chi connectivity index (χ1v) is 6.29. The Hall–Kier alpha value is -1.76. The first kappa shape index (κ1) is 16.3. The number of amides is 1. The fourth-order valence-corrected chi connectivity index (χ4v) is 1.99. The van der Waals surface area contributed by atoms with Crippen LogP contribution in [0.15, 0.2) is 18.2 Å². The van der Waals surface area contributed by atoms with Gasteiger partial charge in [-0.25, -0.2) is 8.78 Å². The molecule has 0 aliphatic carbocycles. The van der Waals surface area contributed by atoms with E-state index in [4.69, 9.17) is 11.6 Å². The van der Waals surface area contributed by atoms with Gasteiger partial charge in [-0.2, -0.15) is 0 Å². The van der Waals surface area contributed by atoms with Crippen LogP contribution in [0.4, 0.5) is 14.5 Å². The minimum atomic E-state index is -2.73. The highest BCUT2D eigenvalue weighted by atomic mass is 35.5. The molecular formula is C12H13ClF2N2O3. The Kier molecular flexibility index (Phi) is 5.82. The third-order valence-electron chi connectivity index (χ3n) is 2.66. The van der Waals surface area contributed by atoms with E-state index in [1.54, 1.807) is 0 Å². The zero-order valence-electron chi connectivity index (χ0n) is 10.7. The largest absolute Gasteiger partial charge is 0.331 e. The smallest absolute Gasteiger partial charge is 0.282 e. The zero-order chi connectivity index (χ0) is 15.3. The van der Waals surface area contributed by atoms with Crippen LogP contribution >= 0.6 is 11.6 Å². The standard InChI is InChI=1S/C12H13ClF2N2O3/c1-8-3-2-4-9(17(19)20)11(8)12(18)16(6-5-13)7-10(14)15/h2-4,10H,5-7H2,1H3. The van der Waals surface area contributed by atoms with Gasteiger partial charge in [0, 0.05) is 18.5 Å². The second-order valence-electron chi connectivity index (χ2n) is 4.06. The van der Waals surface area contributed by atoms with E-state index >= 15 is 0 Å². The predicted octanol–water partition coefficient (Wildman–Crippen LogP) is 2.85. The van der Waals surface area contributed by atoms with E-state index in [1.165, 1.54) is 25.1 Å². The summed E-state index contributed by atoms with van der Waals surface area (Å²) in [5, 5.41) is 10.9. The lowest BCUT2D eigenvalue weighted by molar-refractivity contribution is -0.385. The molecular weight excluding hydrogens is 294 g/mol. The molecule has 0 aromatic heterocycles. The summed E-state index contributed by atoms with van der Waals surface area (Å²) in [5.41, 5.74) is -0.217. The first-order valence-electron chi connectivity index (χ1n) is 5.75. The molecule has 1 aromatic rings. The van der Waals surface area contributed by atoms with E-state index in [9.17, 15) is 23.7 Å². The van der Waals surface area contributed by atoms with Crippen molar-refractivity contribution in [3.05, 3.63) is 39.4 Å². The molecule has 0 bridgehead atoms. The summed E-state index contributed by atoms with van der Waals surface area (Å²) in [5.74, 6) is -0.839. The van der Waals surface area contributed by atoms with Crippen LogP contribution in [0.5, 0.6) is 0 Å². The van der Waals surface area contributed by atoms with Gasteiger partial charge in [0.2, 0.25) is 0 Å². The Balaban J connectivity index is 3.20. The van der Waals surface area contributed by atoms with Crippen molar-refractivity contribution in [2.45, 2.75) is 13.3 Å². The fraction of sp³-hybridized carbons (Fsp3) is 0.417. The highest BCUT2D eigenvalue weighted by Gasteiger charge is 2.27. The normalized spacial score (nSPS) is 10.7. The van der Waals surface area contributed by atoms with Gasteiger partial charge in [0.25, 0.3) is 18.0 Å². The van der Waals surface area contributed by atoms with E-state index in [2.05, 4.69) is 0 Å². The molecule has 8 heteroatoms. The molecule has 0 saturated carbocycles. The summed E-state index contributed by atoms with van der Waals surface area (Å²) < 4.78 is 24.9. The van der Waals surface area contributed by atoms with E-state index < -0.39 is 29.5 Å². The maximum absolute atomic E-state index is 12.5. The predicted molar refractivity (Wildman–Crippen MR) is 70.5 cm³/mol. The Labute approximate surface area is 119 Å². The lowest BCUT2D eigenvalue weighted by atomic mass is 10.1. The molecule has 0 aliphatic heterocycles. The van der Waals surface area contributed by atoms with Crippen molar-refractivity contribution in [2.75, 3.05) is 19.0 Å². The van der Waals surface area contributed by atoms with Gasteiger partial charge in [0.05, 0.1) is 11.5 Å². The number of hydrogen-bond donors (Lipinski definition) is 0. The number of carbonyl (C=O) groups excluding carboxylic acids is 1. The number of carbonyl (C=O) groups is 1. The topological polar surface area (TPSA) is 63.5 Å². The number of aryl methyl sites for hydroxylation is 1. The van der Waals surface area contributed by atoms with Crippen molar-refractivity contribution < 1.29 is 18.5 Å². The Bertz CT molecular complexity index is 511. The highest BCUT2D eigenvalue weighted by molar-refractivity contribution is 6.18. The zero-order valence-corrected chi connectivity index (χ0v) is 11.4. The Morgan fingerprint density at radius 2 is 2.15 bits per heavy atom. The van der Waals surface area contributed by atoms with Gasteiger partial charge in [-0.1, -0.05) is 12.1 Å². The molecule has 0 radical (unpaired) electrons. The van der Waals surface area contributed by atoms with Crippen LogP contribution in [0.25, 0.3) is 0 Å². The summed E-state index contributed by atoms with van der Waals surface area (Å²) in [4.78, 5) is 23.3. The van der Waals surface area contributed by atoms with E-state index in [1.807, 2.05) is 0 Å². The van der Waals surface area contributed by atoms with Gasteiger partial charge < -0.3 is 4.90 Å². The molecule has 1 aromatic carbocycles. The number of nitrogens with zero attached hydrogens (tertiary/aromatic N) is 2. The van der Waals surface area contributed by atoms with Gasteiger partial charge in [-0.05, 0) is 12.5 Å². The number of rotatable bonds is 6. The lowest BCUT2D eigenvalue weighted by Gasteiger charge is -2.21. The lowest BCUT2D eigenvalue weighted by Crippen LogP contribution is -2.37. The molecule has 0 N–H and O–H groups in total. The monoisotopic (exact) mass is 306 g/mol. The first-order chi connectivity index (χ1) is 9.38. The summed E-state index contributed by atoms with van der Waals surface area (Å²) in [6, 6.07) is 4.12. The number of alkyl halides is 3. The van der Waals surface area contributed by atoms with Gasteiger partial charge in [0.1, 0.15) is 5.56 Å². The summed E-state index contributed by atoms with van der Waals surface area (Å²) >= 11 is 5.48. The van der Waals surface area contributed by atoms with Gasteiger partial charge >= 0.3 is 0 Å². The SMILES string of the molecule is Cc1cccc([N+](=O)[O-])c1C(=O)N(CCCl)CC(F)F. The van der Waals surface area contributed by atoms with Crippen LogP contribution in [0.2, 0.25) is 0 Å². The quantitative estimate of drug-likeness (QED) is 0.461. The van der Waals surface area contributed by atoms with Crippen LogP contribution in [-0.4, -0.2) is 41.1 Å². The van der Waals surface area contributed by atoms with Gasteiger partial charge in [-0.3, -0.25) is 14.9 Å². The van der Waals surface area contributed by atoms with Crippen molar-refractivity contribution in [3.8, 4) is 0 Å². The van der Waals surface area contributed by atoms with Crippen LogP contribution < -0.4 is 0 Å². The van der Waals surface area contributed by atoms with Gasteiger partial charge in [0.15, 0.2) is 0 Å². The van der Waals surface area contributed by atoms with Crippen LogP contribution in [0.3, 0.4) is 0 Å². The van der Waals surface area contributed by atoms with Gasteiger partial charge in [-0.15, -0.1) is 11.6 Å². The molecule has 1 amide bonds. The molecule has 0 fully saturated rings. The second-order valence-corrected chi connectivity index (χ2v) is 4.44. The molecule has 110 valence electrons. The molecule has 0 aliphatic rings. The van der Waals surface area contributed by atoms with E-state index in [0.29, 0.717) is 5.56 Å². The second kappa shape index (κ2) is 7.14. The Morgan fingerprint density at radius 1 is 1.50 bits per heavy atom. The molecule has 0 spiro atoms. The molecule has 0 atom stereocenters. The number of nitro benzene ring substituents is 1. The Morgan fingerprint density at radius 3 is 2.65 bits per heavy atom. The maximum Gasteiger partial charge on any atom is 0.282 e. The minimum Gasteiger partial charge on any atom is -0.331 e. The van der Waals surface area contributed by atoms with E-state index in [0.717, 1.165) is 4.90 Å². The average molecular weight is 307 g/mol. The van der Waals surface area contributed by atoms with Crippen LogP contribution in [0.1, 0.15) is 15.9 Å². The van der Waals surface area contributed by atoms with Crippen molar-refractivity contribution in [2.24, 2.45) is 0 Å². The third kappa shape index (κ3) is 3.86. The highest BCUT2D eigenvalue weighted by Crippen LogP contribution is 2.23. The van der Waals surface area contributed by atoms with Crippen molar-refractivity contribution in [1.82, 2.24) is 4.90 Å². The minimum absolute atomic E-state index is 0.0296. The number of nitro groups is 1. The summed E-state index contributed by atoms with van der Waals surface area (Å²) in [6.45, 7) is 0.606. The molecule has 1 rings (SSSR count). The van der Waals surface area contributed by atoms with Crippen LogP contribution in [-0.2, 0) is 0 Å². The van der Waals surface area contributed by atoms with Crippen molar-refractivity contribution in [3.63, 3.8) is 0 Å². The summed E-state index contributed by atoms with van der Waals surface area (Å²) in [6.07, 6.45) is -2.73. The molecule has 5 nitrogen and oxygen atoms in total. The number of halogens is 3. The average Bonchev–Trinajstić information content (AvgIpc) is 2.36. The van der Waals surface area contributed by atoms with Crippen LogP contribution in [0, 0.1) is 17.0 Å². The molecule has 20 heavy (non-hydrogen) atoms. The molecule has 0 heterocycles. The molecule has 0 unspecified atom stereocenters. The third-order valence-corrected chi connectivity index (χ3v) is 2.83. The fourth-order valence-electron chi connectivity index (χ4n) is 1.79. The van der Waals surface area contributed by atoms with E-state index in [-0.39, 0.29) is 18.0 Å². The maximum atomic E-state index is 12.5. The number of benzene rings is 1.